The van der Waals surface area contributed by atoms with E-state index < -0.39 is 5.72 Å². The zero-order valence-corrected chi connectivity index (χ0v) is 16.6. The predicted molar refractivity (Wildman–Crippen MR) is 108 cm³/mol. The molecule has 2 aromatic rings. The number of fused-ring (bicyclic) bond motifs is 4. The lowest BCUT2D eigenvalue weighted by Gasteiger charge is -2.52. The maximum Gasteiger partial charge on any atom is 0.203 e. The van der Waals surface area contributed by atoms with E-state index >= 15 is 0 Å². The van der Waals surface area contributed by atoms with Gasteiger partial charge in [0, 0.05) is 30.4 Å². The molecule has 5 nitrogen and oxygen atoms in total. The molecule has 0 saturated carbocycles. The van der Waals surface area contributed by atoms with Gasteiger partial charge in [0.05, 0.1) is 31.1 Å². The Morgan fingerprint density at radius 2 is 2.00 bits per heavy atom. The molecule has 2 aromatic carbocycles. The van der Waals surface area contributed by atoms with Crippen LogP contribution in [-0.4, -0.2) is 35.8 Å². The van der Waals surface area contributed by atoms with Crippen LogP contribution in [0.25, 0.3) is 0 Å². The summed E-state index contributed by atoms with van der Waals surface area (Å²) in [6.45, 7) is 4.94. The normalized spacial score (nSPS) is 27.6. The van der Waals surface area contributed by atoms with Gasteiger partial charge in [-0.15, -0.1) is 0 Å². The monoisotopic (exact) mass is 378 g/mol. The molecule has 1 fully saturated rings. The van der Waals surface area contributed by atoms with Crippen molar-refractivity contribution in [2.75, 3.05) is 13.7 Å². The zero-order chi connectivity index (χ0) is 19.4. The van der Waals surface area contributed by atoms with Crippen molar-refractivity contribution in [3.8, 4) is 11.5 Å². The smallest absolute Gasteiger partial charge is 0.203 e. The summed E-state index contributed by atoms with van der Waals surface area (Å²) in [7, 11) is 1.70. The summed E-state index contributed by atoms with van der Waals surface area (Å²) in [6.07, 6.45) is 2.44. The molecule has 5 rings (SSSR count). The van der Waals surface area contributed by atoms with Crippen molar-refractivity contribution in [2.45, 2.75) is 50.5 Å². The van der Waals surface area contributed by atoms with Crippen LogP contribution in [0.2, 0.25) is 0 Å². The molecule has 1 spiro atoms. The molecule has 3 aliphatic heterocycles. The summed E-state index contributed by atoms with van der Waals surface area (Å²) < 4.78 is 18.1. The first-order valence-electron chi connectivity index (χ1n) is 9.93. The Kier molecular flexibility index (Phi) is 3.91. The predicted octanol–water partition coefficient (Wildman–Crippen LogP) is 4.52. The summed E-state index contributed by atoms with van der Waals surface area (Å²) in [5.41, 5.74) is 2.67. The largest absolute Gasteiger partial charge is 0.497 e. The van der Waals surface area contributed by atoms with Crippen LogP contribution < -0.4 is 9.47 Å². The van der Waals surface area contributed by atoms with Crippen LogP contribution in [0.5, 0.6) is 11.5 Å². The molecule has 3 heterocycles. The maximum atomic E-state index is 6.65. The molecule has 2 atom stereocenters. The molecule has 0 radical (unpaired) electrons. The fraction of sp³-hybridized carbons (Fsp3) is 0.435. The van der Waals surface area contributed by atoms with Crippen LogP contribution in [0.4, 0.5) is 0 Å². The van der Waals surface area contributed by atoms with Gasteiger partial charge in [-0.05, 0) is 32.0 Å². The van der Waals surface area contributed by atoms with Crippen LogP contribution in [0.15, 0.2) is 53.6 Å². The van der Waals surface area contributed by atoms with Crippen molar-refractivity contribution >= 4 is 5.71 Å². The van der Waals surface area contributed by atoms with Gasteiger partial charge < -0.3 is 14.2 Å². The number of hydrazone groups is 1. The average Bonchev–Trinajstić information content (AvgIpc) is 3.14. The fourth-order valence-electron chi connectivity index (χ4n) is 4.78. The Morgan fingerprint density at radius 3 is 2.82 bits per heavy atom. The molecule has 1 saturated heterocycles. The molecule has 0 amide bonds. The number of hydrogen-bond donors (Lipinski definition) is 0. The number of rotatable bonds is 2. The number of methoxy groups -OCH3 is 1. The van der Waals surface area contributed by atoms with E-state index in [4.69, 9.17) is 19.3 Å². The fourth-order valence-corrected chi connectivity index (χ4v) is 4.78. The minimum atomic E-state index is -0.471. The summed E-state index contributed by atoms with van der Waals surface area (Å²) in [4.78, 5) is 0. The van der Waals surface area contributed by atoms with Crippen molar-refractivity contribution < 1.29 is 14.2 Å². The van der Waals surface area contributed by atoms with Crippen molar-refractivity contribution in [1.29, 1.82) is 0 Å². The molecule has 0 aromatic heterocycles. The first-order valence-corrected chi connectivity index (χ1v) is 9.93. The van der Waals surface area contributed by atoms with E-state index in [1.807, 2.05) is 18.2 Å². The highest BCUT2D eigenvalue weighted by Crippen LogP contribution is 2.51. The molecular weight excluding hydrogens is 352 g/mol. The van der Waals surface area contributed by atoms with E-state index in [0.717, 1.165) is 42.0 Å². The molecule has 0 N–H and O–H groups in total. The van der Waals surface area contributed by atoms with Crippen molar-refractivity contribution in [2.24, 2.45) is 5.10 Å². The van der Waals surface area contributed by atoms with Gasteiger partial charge in [-0.3, -0.25) is 0 Å². The van der Waals surface area contributed by atoms with Crippen molar-refractivity contribution in [1.82, 2.24) is 5.01 Å². The van der Waals surface area contributed by atoms with Crippen LogP contribution >= 0.6 is 0 Å². The molecule has 146 valence electrons. The quantitative estimate of drug-likeness (QED) is 0.770. The minimum Gasteiger partial charge on any atom is -0.497 e. The third-order valence-electron chi connectivity index (χ3n) is 6.00. The van der Waals surface area contributed by atoms with E-state index in [-0.39, 0.29) is 11.6 Å². The molecule has 3 aliphatic rings. The summed E-state index contributed by atoms with van der Waals surface area (Å²) in [5.74, 6) is 1.83. The topological polar surface area (TPSA) is 43.3 Å². The second-order valence-electron chi connectivity index (χ2n) is 8.46. The Labute approximate surface area is 165 Å². The highest BCUT2D eigenvalue weighted by atomic mass is 16.5. The molecule has 0 aliphatic carbocycles. The van der Waals surface area contributed by atoms with E-state index in [1.165, 1.54) is 5.56 Å². The third-order valence-corrected chi connectivity index (χ3v) is 6.00. The van der Waals surface area contributed by atoms with Gasteiger partial charge in [-0.25, -0.2) is 5.01 Å². The second kappa shape index (κ2) is 6.24. The summed E-state index contributed by atoms with van der Waals surface area (Å²) >= 11 is 0. The number of hydrogen-bond acceptors (Lipinski definition) is 5. The SMILES string of the molecule is COc1cccc(C2=NN3[C@H](C2)c2ccccc2O[C@]32CCOC(C)(C)C2)c1. The van der Waals surface area contributed by atoms with Crippen LogP contribution in [0.1, 0.15) is 50.3 Å². The molecule has 28 heavy (non-hydrogen) atoms. The number of para-hydroxylation sites is 1. The second-order valence-corrected chi connectivity index (χ2v) is 8.46. The van der Waals surface area contributed by atoms with E-state index in [1.54, 1.807) is 7.11 Å². The Bertz CT molecular complexity index is 939. The summed E-state index contributed by atoms with van der Waals surface area (Å²) in [5, 5.41) is 7.33. The van der Waals surface area contributed by atoms with E-state index in [2.05, 4.69) is 49.2 Å². The zero-order valence-electron chi connectivity index (χ0n) is 16.6. The highest BCUT2D eigenvalue weighted by Gasteiger charge is 2.54. The van der Waals surface area contributed by atoms with Crippen LogP contribution in [0.3, 0.4) is 0 Å². The van der Waals surface area contributed by atoms with Gasteiger partial charge in [0.25, 0.3) is 0 Å². The highest BCUT2D eigenvalue weighted by molar-refractivity contribution is 6.02. The minimum absolute atomic E-state index is 0.181. The Balaban J connectivity index is 1.60. The van der Waals surface area contributed by atoms with Gasteiger partial charge >= 0.3 is 0 Å². The van der Waals surface area contributed by atoms with Crippen LogP contribution in [-0.2, 0) is 4.74 Å². The van der Waals surface area contributed by atoms with E-state index in [9.17, 15) is 0 Å². The lowest BCUT2D eigenvalue weighted by Crippen LogP contribution is -2.60. The average molecular weight is 378 g/mol. The molecule has 0 bridgehead atoms. The lowest BCUT2D eigenvalue weighted by atomic mass is 9.86. The number of nitrogens with zero attached hydrogens (tertiary/aromatic N) is 2. The molecule has 0 unspecified atom stereocenters. The van der Waals surface area contributed by atoms with Gasteiger partial charge in [-0.1, -0.05) is 30.3 Å². The van der Waals surface area contributed by atoms with Gasteiger partial charge in [-0.2, -0.15) is 5.10 Å². The number of ether oxygens (including phenoxy) is 3. The lowest BCUT2D eigenvalue weighted by molar-refractivity contribution is -0.212. The molecular formula is C23H26N2O3. The van der Waals surface area contributed by atoms with Gasteiger partial charge in [0.2, 0.25) is 5.72 Å². The standard InChI is InChI=1S/C23H26N2O3/c1-22(2)15-23(11-12-27-22)25-20(18-9-4-5-10-21(18)28-23)14-19(24-25)16-7-6-8-17(13-16)26-3/h4-10,13,20H,11-12,14-15H2,1-3H3/t20-,23+/m1/s1. The maximum absolute atomic E-state index is 6.65. The molecule has 5 heteroatoms. The first-order chi connectivity index (χ1) is 13.5. The number of benzene rings is 2. The van der Waals surface area contributed by atoms with Crippen LogP contribution in [0, 0.1) is 0 Å². The Morgan fingerprint density at radius 1 is 1.14 bits per heavy atom. The van der Waals surface area contributed by atoms with E-state index in [0.29, 0.717) is 6.61 Å². The van der Waals surface area contributed by atoms with Gasteiger partial charge in [0.1, 0.15) is 11.5 Å². The Hall–Kier alpha value is -2.53. The van der Waals surface area contributed by atoms with Crippen molar-refractivity contribution in [3.05, 3.63) is 59.7 Å². The third kappa shape index (κ3) is 2.76. The van der Waals surface area contributed by atoms with Gasteiger partial charge in [0.15, 0.2) is 0 Å². The van der Waals surface area contributed by atoms with Crippen molar-refractivity contribution in [3.63, 3.8) is 0 Å². The first kappa shape index (κ1) is 17.6. The summed E-state index contributed by atoms with van der Waals surface area (Å²) in [6, 6.07) is 16.7.